The second-order valence-electron chi connectivity index (χ2n) is 8.10. The van der Waals surface area contributed by atoms with Crippen LogP contribution in [-0.4, -0.2) is 49.9 Å². The van der Waals surface area contributed by atoms with Crippen molar-refractivity contribution in [1.29, 1.82) is 0 Å². The topological polar surface area (TPSA) is 90.7 Å². The van der Waals surface area contributed by atoms with Crippen molar-refractivity contribution in [3.05, 3.63) is 74.0 Å². The van der Waals surface area contributed by atoms with Gasteiger partial charge >= 0.3 is 5.69 Å². The van der Waals surface area contributed by atoms with Gasteiger partial charge in [-0.15, -0.1) is 0 Å². The van der Waals surface area contributed by atoms with Gasteiger partial charge in [0.15, 0.2) is 0 Å². The molecule has 32 heavy (non-hydrogen) atoms. The smallest absolute Gasteiger partial charge is 0.333 e. The summed E-state index contributed by atoms with van der Waals surface area (Å²) in [5.41, 5.74) is 0.999. The van der Waals surface area contributed by atoms with Gasteiger partial charge in [0.2, 0.25) is 5.88 Å². The summed E-state index contributed by atoms with van der Waals surface area (Å²) in [7, 11) is 0. The molecule has 0 amide bonds. The van der Waals surface area contributed by atoms with E-state index in [1.807, 2.05) is 0 Å². The highest BCUT2D eigenvalue weighted by atomic mass is 35.5. The number of ether oxygens (including phenoxy) is 1. The van der Waals surface area contributed by atoms with Crippen LogP contribution in [0.5, 0.6) is 11.6 Å². The summed E-state index contributed by atoms with van der Waals surface area (Å²) in [6, 6.07) is 7.45. The molecule has 2 heterocycles. The molecule has 3 atom stereocenters. The molecule has 0 bridgehead atoms. The molecule has 1 aromatic heterocycles. The summed E-state index contributed by atoms with van der Waals surface area (Å²) in [5.74, 6) is -0.376. The van der Waals surface area contributed by atoms with E-state index in [0.29, 0.717) is 47.8 Å². The molecule has 0 saturated carbocycles. The van der Waals surface area contributed by atoms with E-state index in [9.17, 15) is 19.4 Å². The average Bonchev–Trinajstić information content (AvgIpc) is 3.42. The molecule has 2 aliphatic rings. The minimum absolute atomic E-state index is 0.224. The number of aliphatic hydroxyl groups excluding tert-OH is 1. The lowest BCUT2D eigenvalue weighted by molar-refractivity contribution is 0.0818. The third-order valence-corrected chi connectivity index (χ3v) is 6.64. The van der Waals surface area contributed by atoms with Crippen LogP contribution in [0.3, 0.4) is 0 Å². The fraction of sp³-hybridized carbons (Fsp3) is 0.318. The summed E-state index contributed by atoms with van der Waals surface area (Å²) in [5, 5.41) is 20.6. The van der Waals surface area contributed by atoms with Gasteiger partial charge in [-0.1, -0.05) is 23.2 Å². The molecule has 3 N–H and O–H groups in total. The SMILES string of the molecule is O=c1[nH]cc(O)n1-c1ccc(Cl)c(O[C@H]2c3cc(Cl)cc(F)c3C[C@@H]2N2CC[C@@H](O)C2)c1. The third kappa shape index (κ3) is 3.67. The second-order valence-corrected chi connectivity index (χ2v) is 8.95. The van der Waals surface area contributed by atoms with E-state index in [1.54, 1.807) is 24.3 Å². The number of nitrogens with one attached hydrogen (secondary N) is 1. The number of halogens is 3. The lowest BCUT2D eigenvalue weighted by atomic mass is 10.1. The fourth-order valence-electron chi connectivity index (χ4n) is 4.62. The Hall–Kier alpha value is -2.52. The number of fused-ring (bicyclic) bond motifs is 1. The lowest BCUT2D eigenvalue weighted by Gasteiger charge is -2.30. The molecule has 1 aliphatic heterocycles. The van der Waals surface area contributed by atoms with Crippen molar-refractivity contribution < 1.29 is 19.3 Å². The van der Waals surface area contributed by atoms with E-state index >= 15 is 0 Å². The molecule has 0 unspecified atom stereocenters. The molecule has 1 saturated heterocycles. The van der Waals surface area contributed by atoms with Crippen LogP contribution in [0.25, 0.3) is 5.69 Å². The lowest BCUT2D eigenvalue weighted by Crippen LogP contribution is -2.39. The predicted molar refractivity (Wildman–Crippen MR) is 118 cm³/mol. The number of likely N-dealkylation sites (tertiary alicyclic amines) is 1. The van der Waals surface area contributed by atoms with E-state index in [2.05, 4.69) is 9.88 Å². The zero-order valence-electron chi connectivity index (χ0n) is 16.8. The zero-order chi connectivity index (χ0) is 22.6. The first-order valence-corrected chi connectivity index (χ1v) is 10.9. The Bertz CT molecular complexity index is 1240. The molecule has 168 valence electrons. The first kappa shape index (κ1) is 21.3. The maximum absolute atomic E-state index is 14.7. The monoisotopic (exact) mass is 479 g/mol. The molecule has 1 fully saturated rings. The number of imidazole rings is 1. The van der Waals surface area contributed by atoms with Gasteiger partial charge in [0.05, 0.1) is 29.1 Å². The second kappa shape index (κ2) is 8.12. The van der Waals surface area contributed by atoms with Gasteiger partial charge in [-0.05, 0) is 42.7 Å². The maximum Gasteiger partial charge on any atom is 0.333 e. The predicted octanol–water partition coefficient (Wildman–Crippen LogP) is 3.43. The van der Waals surface area contributed by atoms with Crippen LogP contribution in [0.15, 0.2) is 41.3 Å². The summed E-state index contributed by atoms with van der Waals surface area (Å²) in [6.07, 6.45) is 1.19. The number of rotatable bonds is 4. The van der Waals surface area contributed by atoms with E-state index in [-0.39, 0.29) is 22.7 Å². The van der Waals surface area contributed by atoms with Crippen molar-refractivity contribution in [1.82, 2.24) is 14.5 Å². The summed E-state index contributed by atoms with van der Waals surface area (Å²) in [6.45, 7) is 1.13. The Morgan fingerprint density at radius 2 is 2.03 bits per heavy atom. The van der Waals surface area contributed by atoms with Crippen LogP contribution < -0.4 is 10.4 Å². The maximum atomic E-state index is 14.7. The quantitative estimate of drug-likeness (QED) is 0.533. The Morgan fingerprint density at radius 1 is 1.22 bits per heavy atom. The van der Waals surface area contributed by atoms with Crippen LogP contribution in [-0.2, 0) is 6.42 Å². The van der Waals surface area contributed by atoms with Crippen molar-refractivity contribution in [2.24, 2.45) is 0 Å². The van der Waals surface area contributed by atoms with Crippen molar-refractivity contribution in [2.75, 3.05) is 13.1 Å². The molecular formula is C22H20Cl2FN3O4. The number of β-amino-alcohol motifs (C(OH)–C–C–N with tert-alkyl or cyclic N) is 1. The van der Waals surface area contributed by atoms with Crippen LogP contribution in [0.2, 0.25) is 10.0 Å². The van der Waals surface area contributed by atoms with Crippen molar-refractivity contribution in [2.45, 2.75) is 31.1 Å². The highest BCUT2D eigenvalue weighted by Crippen LogP contribution is 2.43. The Morgan fingerprint density at radius 3 is 2.72 bits per heavy atom. The number of hydrogen-bond acceptors (Lipinski definition) is 5. The third-order valence-electron chi connectivity index (χ3n) is 6.11. The molecular weight excluding hydrogens is 460 g/mol. The van der Waals surface area contributed by atoms with Gasteiger partial charge in [-0.25, -0.2) is 13.8 Å². The number of aromatic amines is 1. The van der Waals surface area contributed by atoms with Gasteiger partial charge in [0.25, 0.3) is 0 Å². The standard InChI is InChI=1S/C22H20Cl2FN3O4/c23-11-5-15-14(17(25)6-11)8-18(27-4-3-13(29)10-27)21(15)32-19-7-12(1-2-16(19)24)28-20(30)9-26-22(28)31/h1-2,5-7,9,13,18,21,29-30H,3-4,8,10H2,(H,26,31)/t13-,18+,21+/m1/s1. The fourth-order valence-corrected chi connectivity index (χ4v) is 4.99. The number of aromatic hydroxyl groups is 1. The summed E-state index contributed by atoms with van der Waals surface area (Å²) >= 11 is 12.5. The van der Waals surface area contributed by atoms with E-state index < -0.39 is 23.7 Å². The van der Waals surface area contributed by atoms with Crippen molar-refractivity contribution in [3.63, 3.8) is 0 Å². The first-order chi connectivity index (χ1) is 15.3. The first-order valence-electron chi connectivity index (χ1n) is 10.2. The zero-order valence-corrected chi connectivity index (χ0v) is 18.3. The molecule has 5 rings (SSSR count). The van der Waals surface area contributed by atoms with Crippen molar-refractivity contribution >= 4 is 23.2 Å². The molecule has 2 aromatic carbocycles. The number of hydrogen-bond donors (Lipinski definition) is 3. The van der Waals surface area contributed by atoms with Crippen LogP contribution in [0.1, 0.15) is 23.7 Å². The molecule has 10 heteroatoms. The number of aliphatic hydroxyl groups is 1. The van der Waals surface area contributed by atoms with E-state index in [1.165, 1.54) is 12.3 Å². The number of nitrogens with zero attached hydrogens (tertiary/aromatic N) is 2. The number of H-pyrrole nitrogens is 1. The summed E-state index contributed by atoms with van der Waals surface area (Å²) < 4.78 is 22.1. The molecule has 3 aromatic rings. The molecule has 1 aliphatic carbocycles. The minimum Gasteiger partial charge on any atom is -0.493 e. The largest absolute Gasteiger partial charge is 0.493 e. The highest BCUT2D eigenvalue weighted by Gasteiger charge is 2.42. The van der Waals surface area contributed by atoms with Gasteiger partial charge in [-0.3, -0.25) is 4.90 Å². The van der Waals surface area contributed by atoms with Crippen LogP contribution in [0.4, 0.5) is 4.39 Å². The molecule has 7 nitrogen and oxygen atoms in total. The number of benzene rings is 2. The minimum atomic E-state index is -0.590. The van der Waals surface area contributed by atoms with E-state index in [0.717, 1.165) is 4.57 Å². The number of aromatic nitrogens is 2. The van der Waals surface area contributed by atoms with Gasteiger partial charge in [-0.2, -0.15) is 0 Å². The highest BCUT2D eigenvalue weighted by molar-refractivity contribution is 6.32. The van der Waals surface area contributed by atoms with Crippen LogP contribution >= 0.6 is 23.2 Å². The Balaban J connectivity index is 1.55. The van der Waals surface area contributed by atoms with Gasteiger partial charge in [0.1, 0.15) is 17.7 Å². The van der Waals surface area contributed by atoms with Gasteiger partial charge < -0.3 is 19.9 Å². The van der Waals surface area contributed by atoms with E-state index in [4.69, 9.17) is 27.9 Å². The molecule has 0 radical (unpaired) electrons. The normalized spacial score (nSPS) is 22.9. The van der Waals surface area contributed by atoms with Crippen LogP contribution in [0, 0.1) is 5.82 Å². The summed E-state index contributed by atoms with van der Waals surface area (Å²) in [4.78, 5) is 16.6. The van der Waals surface area contributed by atoms with Gasteiger partial charge in [0, 0.05) is 29.7 Å². The molecule has 0 spiro atoms. The Kier molecular flexibility index (Phi) is 5.41. The van der Waals surface area contributed by atoms with Crippen molar-refractivity contribution in [3.8, 4) is 17.3 Å². The average molecular weight is 480 g/mol. The Labute approximate surface area is 192 Å².